The van der Waals surface area contributed by atoms with Gasteiger partial charge in [0.05, 0.1) is 12.2 Å². The average molecular weight is 233 g/mol. The van der Waals surface area contributed by atoms with Gasteiger partial charge < -0.3 is 10.1 Å². The monoisotopic (exact) mass is 233 g/mol. The van der Waals surface area contributed by atoms with E-state index in [4.69, 9.17) is 4.74 Å². The molecule has 0 aliphatic rings. The second-order valence-electron chi connectivity index (χ2n) is 3.58. The van der Waals surface area contributed by atoms with E-state index in [9.17, 15) is 13.2 Å². The number of rotatable bonds is 4. The molecule has 0 aliphatic carbocycles. The van der Waals surface area contributed by atoms with Crippen LogP contribution >= 0.6 is 0 Å². The fourth-order valence-electron chi connectivity index (χ4n) is 1.33. The molecule has 16 heavy (non-hydrogen) atoms. The molecule has 1 aromatic rings. The normalized spacial score (nSPS) is 13.6. The summed E-state index contributed by atoms with van der Waals surface area (Å²) in [7, 11) is 1.57. The van der Waals surface area contributed by atoms with Gasteiger partial charge >= 0.3 is 6.18 Å². The van der Waals surface area contributed by atoms with Crippen LogP contribution in [0.25, 0.3) is 0 Å². The van der Waals surface area contributed by atoms with Crippen LogP contribution in [-0.4, -0.2) is 19.8 Å². The lowest BCUT2D eigenvalue weighted by atomic mass is 10.2. The van der Waals surface area contributed by atoms with Crippen LogP contribution in [-0.2, 0) is 10.9 Å². The highest BCUT2D eigenvalue weighted by Crippen LogP contribution is 2.29. The van der Waals surface area contributed by atoms with Crippen LogP contribution in [0.5, 0.6) is 0 Å². The molecular formula is C11H14F3NO. The lowest BCUT2D eigenvalue weighted by Crippen LogP contribution is -2.20. The number of halogens is 3. The summed E-state index contributed by atoms with van der Waals surface area (Å²) >= 11 is 0. The van der Waals surface area contributed by atoms with E-state index < -0.39 is 11.7 Å². The van der Waals surface area contributed by atoms with Crippen molar-refractivity contribution in [2.24, 2.45) is 0 Å². The van der Waals surface area contributed by atoms with Gasteiger partial charge in [-0.3, -0.25) is 0 Å². The van der Waals surface area contributed by atoms with E-state index in [0.717, 1.165) is 12.1 Å². The van der Waals surface area contributed by atoms with E-state index in [1.807, 2.05) is 6.92 Å². The third-order valence-electron chi connectivity index (χ3n) is 2.04. The van der Waals surface area contributed by atoms with Crippen molar-refractivity contribution < 1.29 is 17.9 Å². The molecule has 1 aromatic carbocycles. The Morgan fingerprint density at radius 2 is 1.81 bits per heavy atom. The Kier molecular flexibility index (Phi) is 4.18. The number of benzene rings is 1. The highest BCUT2D eigenvalue weighted by molar-refractivity contribution is 5.45. The molecule has 0 spiro atoms. The van der Waals surface area contributed by atoms with Crippen molar-refractivity contribution in [1.29, 1.82) is 0 Å². The smallest absolute Gasteiger partial charge is 0.383 e. The van der Waals surface area contributed by atoms with E-state index >= 15 is 0 Å². The van der Waals surface area contributed by atoms with Gasteiger partial charge in [0, 0.05) is 18.8 Å². The average Bonchev–Trinajstić information content (AvgIpc) is 2.17. The number of methoxy groups -OCH3 is 1. The van der Waals surface area contributed by atoms with Crippen molar-refractivity contribution >= 4 is 5.69 Å². The van der Waals surface area contributed by atoms with Gasteiger partial charge in [-0.2, -0.15) is 13.2 Å². The molecule has 0 aromatic heterocycles. The van der Waals surface area contributed by atoms with Crippen molar-refractivity contribution in [2.75, 3.05) is 19.0 Å². The number of hydrogen-bond acceptors (Lipinski definition) is 2. The molecule has 0 heterocycles. The van der Waals surface area contributed by atoms with Gasteiger partial charge in [-0.25, -0.2) is 0 Å². The van der Waals surface area contributed by atoms with Crippen LogP contribution in [0, 0.1) is 0 Å². The van der Waals surface area contributed by atoms with Crippen molar-refractivity contribution in [3.8, 4) is 0 Å². The fraction of sp³-hybridized carbons (Fsp3) is 0.455. The summed E-state index contributed by atoms with van der Waals surface area (Å²) in [6, 6.07) is 5.00. The summed E-state index contributed by atoms with van der Waals surface area (Å²) in [5.41, 5.74) is 0.00925. The van der Waals surface area contributed by atoms with Gasteiger partial charge in [0.2, 0.25) is 0 Å². The molecule has 0 fully saturated rings. The summed E-state index contributed by atoms with van der Waals surface area (Å²) in [6.07, 6.45) is -4.28. The first-order valence-corrected chi connectivity index (χ1v) is 4.86. The molecule has 0 bridgehead atoms. The summed E-state index contributed by atoms with van der Waals surface area (Å²) in [4.78, 5) is 0. The highest BCUT2D eigenvalue weighted by Gasteiger charge is 2.29. The SMILES string of the molecule is COCC(C)Nc1ccc(C(F)(F)F)cc1. The summed E-state index contributed by atoms with van der Waals surface area (Å²) in [6.45, 7) is 2.39. The molecule has 0 radical (unpaired) electrons. The predicted octanol–water partition coefficient (Wildman–Crippen LogP) is 3.15. The van der Waals surface area contributed by atoms with Gasteiger partial charge in [0.15, 0.2) is 0 Å². The quantitative estimate of drug-likeness (QED) is 0.862. The van der Waals surface area contributed by atoms with Crippen LogP contribution in [0.1, 0.15) is 12.5 Å². The molecule has 0 aliphatic heterocycles. The molecule has 2 nitrogen and oxygen atoms in total. The molecule has 0 saturated heterocycles. The zero-order valence-electron chi connectivity index (χ0n) is 9.14. The second kappa shape index (κ2) is 5.21. The van der Waals surface area contributed by atoms with E-state index in [2.05, 4.69) is 5.32 Å². The largest absolute Gasteiger partial charge is 0.416 e. The Morgan fingerprint density at radius 3 is 2.25 bits per heavy atom. The third-order valence-corrected chi connectivity index (χ3v) is 2.04. The standard InChI is InChI=1S/C11H14F3NO/c1-8(7-16-2)15-10-5-3-9(4-6-10)11(12,13)14/h3-6,8,15H,7H2,1-2H3. The molecule has 90 valence electrons. The first kappa shape index (κ1) is 12.8. The zero-order chi connectivity index (χ0) is 12.2. The van der Waals surface area contributed by atoms with Crippen LogP contribution in [0.3, 0.4) is 0 Å². The second-order valence-corrected chi connectivity index (χ2v) is 3.58. The summed E-state index contributed by atoms with van der Waals surface area (Å²) < 4.78 is 41.7. The minimum Gasteiger partial charge on any atom is -0.383 e. The number of ether oxygens (including phenoxy) is 1. The molecule has 0 saturated carbocycles. The molecule has 0 amide bonds. The van der Waals surface area contributed by atoms with Gasteiger partial charge in [-0.15, -0.1) is 0 Å². The number of nitrogens with one attached hydrogen (secondary N) is 1. The Hall–Kier alpha value is -1.23. The molecular weight excluding hydrogens is 219 g/mol. The van der Waals surface area contributed by atoms with Crippen molar-refractivity contribution in [3.05, 3.63) is 29.8 Å². The lowest BCUT2D eigenvalue weighted by molar-refractivity contribution is -0.137. The van der Waals surface area contributed by atoms with Crippen LogP contribution in [0.2, 0.25) is 0 Å². The maximum absolute atomic E-state index is 12.3. The van der Waals surface area contributed by atoms with Crippen LogP contribution in [0.4, 0.5) is 18.9 Å². The van der Waals surface area contributed by atoms with E-state index in [-0.39, 0.29) is 6.04 Å². The van der Waals surface area contributed by atoms with Crippen molar-refractivity contribution in [1.82, 2.24) is 0 Å². The maximum atomic E-state index is 12.3. The Balaban J connectivity index is 2.65. The first-order chi connectivity index (χ1) is 7.43. The topological polar surface area (TPSA) is 21.3 Å². The molecule has 1 rings (SSSR count). The van der Waals surface area contributed by atoms with Crippen molar-refractivity contribution in [2.45, 2.75) is 19.1 Å². The molecule has 1 unspecified atom stereocenters. The molecule has 5 heteroatoms. The van der Waals surface area contributed by atoms with Crippen LogP contribution < -0.4 is 5.32 Å². The highest BCUT2D eigenvalue weighted by atomic mass is 19.4. The number of anilines is 1. The molecule has 1 N–H and O–H groups in total. The minimum absolute atomic E-state index is 0.0572. The summed E-state index contributed by atoms with van der Waals surface area (Å²) in [5.74, 6) is 0. The Bertz CT molecular complexity index is 321. The minimum atomic E-state index is -4.28. The zero-order valence-corrected chi connectivity index (χ0v) is 9.14. The number of hydrogen-bond donors (Lipinski definition) is 1. The molecule has 1 atom stereocenters. The summed E-state index contributed by atoms with van der Waals surface area (Å²) in [5, 5.41) is 3.03. The van der Waals surface area contributed by atoms with Gasteiger partial charge in [-0.1, -0.05) is 0 Å². The predicted molar refractivity (Wildman–Crippen MR) is 56.4 cm³/mol. The van der Waals surface area contributed by atoms with Gasteiger partial charge in [-0.05, 0) is 31.2 Å². The Labute approximate surface area is 92.4 Å². The van der Waals surface area contributed by atoms with Crippen molar-refractivity contribution in [3.63, 3.8) is 0 Å². The van der Waals surface area contributed by atoms with Gasteiger partial charge in [0.25, 0.3) is 0 Å². The van der Waals surface area contributed by atoms with E-state index in [0.29, 0.717) is 12.3 Å². The van der Waals surface area contributed by atoms with Gasteiger partial charge in [0.1, 0.15) is 0 Å². The van der Waals surface area contributed by atoms with E-state index in [1.165, 1.54) is 12.1 Å². The lowest BCUT2D eigenvalue weighted by Gasteiger charge is -2.14. The van der Waals surface area contributed by atoms with E-state index in [1.54, 1.807) is 7.11 Å². The maximum Gasteiger partial charge on any atom is 0.416 e. The fourth-order valence-corrected chi connectivity index (χ4v) is 1.33. The Morgan fingerprint density at radius 1 is 1.25 bits per heavy atom. The first-order valence-electron chi connectivity index (χ1n) is 4.86. The van der Waals surface area contributed by atoms with Crippen LogP contribution in [0.15, 0.2) is 24.3 Å². The number of alkyl halides is 3. The third kappa shape index (κ3) is 3.73.